The molecular weight excluding hydrogens is 214 g/mol. The second-order valence-corrected chi connectivity index (χ2v) is 4.52. The predicted octanol–water partition coefficient (Wildman–Crippen LogP) is 2.57. The maximum absolute atomic E-state index is 11.9. The zero-order valence-electron chi connectivity index (χ0n) is 9.40. The smallest absolute Gasteiger partial charge is 0.205 e. The molecule has 3 heteroatoms. The fourth-order valence-electron chi connectivity index (χ4n) is 2.59. The summed E-state index contributed by atoms with van der Waals surface area (Å²) < 4.78 is 0. The first-order valence-corrected chi connectivity index (χ1v) is 5.90. The van der Waals surface area contributed by atoms with Crippen LogP contribution < -0.4 is 0 Å². The second kappa shape index (κ2) is 3.84. The van der Waals surface area contributed by atoms with E-state index < -0.39 is 0 Å². The molecule has 1 saturated carbocycles. The average Bonchev–Trinajstić information content (AvgIpc) is 2.77. The van der Waals surface area contributed by atoms with Crippen molar-refractivity contribution in [3.05, 3.63) is 36.0 Å². The van der Waals surface area contributed by atoms with Gasteiger partial charge < -0.3 is 4.98 Å². The Kier molecular flexibility index (Phi) is 2.32. The van der Waals surface area contributed by atoms with Crippen LogP contribution in [0.4, 0.5) is 0 Å². The van der Waals surface area contributed by atoms with E-state index in [0.717, 1.165) is 29.3 Å². The Bertz CT molecular complexity index is 597. The Morgan fingerprint density at radius 1 is 1.18 bits per heavy atom. The van der Waals surface area contributed by atoms with E-state index in [4.69, 9.17) is 0 Å². The minimum absolute atomic E-state index is 0.216. The number of benzene rings is 1. The Balaban J connectivity index is 2.09. The fourth-order valence-corrected chi connectivity index (χ4v) is 2.59. The second-order valence-electron chi connectivity index (χ2n) is 4.52. The van der Waals surface area contributed by atoms with Gasteiger partial charge in [0.05, 0.1) is 5.92 Å². The van der Waals surface area contributed by atoms with Crippen molar-refractivity contribution in [1.29, 1.82) is 0 Å². The molecule has 0 spiro atoms. The lowest BCUT2D eigenvalue weighted by Crippen LogP contribution is -2.26. The maximum Gasteiger partial charge on any atom is 0.205 e. The Morgan fingerprint density at radius 3 is 2.88 bits per heavy atom. The number of aromatic nitrogens is 1. The average molecular weight is 227 g/mol. The maximum atomic E-state index is 11.9. The van der Waals surface area contributed by atoms with Crippen LogP contribution in [0, 0.1) is 0 Å². The number of ketones is 2. The third kappa shape index (κ3) is 1.58. The highest BCUT2D eigenvalue weighted by Crippen LogP contribution is 2.32. The van der Waals surface area contributed by atoms with Crippen LogP contribution in [0.3, 0.4) is 0 Å². The van der Waals surface area contributed by atoms with Crippen LogP contribution in [0.1, 0.15) is 30.7 Å². The molecule has 3 rings (SSSR count). The minimum Gasteiger partial charge on any atom is -0.361 e. The van der Waals surface area contributed by atoms with Gasteiger partial charge in [-0.3, -0.25) is 9.59 Å². The first-order valence-electron chi connectivity index (χ1n) is 5.90. The summed E-state index contributed by atoms with van der Waals surface area (Å²) in [5, 5.41) is 1.06. The SMILES string of the molecule is O=C1CCCC(c2c[nH]c3ccccc23)C1=O. The summed E-state index contributed by atoms with van der Waals surface area (Å²) in [4.78, 5) is 26.5. The Labute approximate surface area is 98.8 Å². The first-order chi connectivity index (χ1) is 8.27. The zero-order chi connectivity index (χ0) is 11.8. The first kappa shape index (κ1) is 10.3. The molecule has 0 amide bonds. The fraction of sp³-hybridized carbons (Fsp3) is 0.286. The predicted molar refractivity (Wildman–Crippen MR) is 64.9 cm³/mol. The molecule has 0 radical (unpaired) electrons. The molecule has 3 nitrogen and oxygen atoms in total. The number of carbonyl (C=O) groups excluding carboxylic acids is 2. The number of carbonyl (C=O) groups is 2. The van der Waals surface area contributed by atoms with Crippen molar-refractivity contribution in [3.63, 3.8) is 0 Å². The molecule has 1 aromatic heterocycles. The van der Waals surface area contributed by atoms with E-state index in [1.54, 1.807) is 0 Å². The number of hydrogen-bond donors (Lipinski definition) is 1. The summed E-state index contributed by atoms with van der Waals surface area (Å²) in [5.74, 6) is -0.681. The van der Waals surface area contributed by atoms with Crippen molar-refractivity contribution in [2.24, 2.45) is 0 Å². The van der Waals surface area contributed by atoms with Crippen LogP contribution in [-0.2, 0) is 9.59 Å². The molecule has 1 N–H and O–H groups in total. The summed E-state index contributed by atoms with van der Waals surface area (Å²) in [5.41, 5.74) is 1.99. The number of aromatic amines is 1. The molecule has 1 aliphatic carbocycles. The van der Waals surface area contributed by atoms with Gasteiger partial charge in [0.1, 0.15) is 0 Å². The highest BCUT2D eigenvalue weighted by molar-refractivity contribution is 6.40. The van der Waals surface area contributed by atoms with Crippen molar-refractivity contribution in [2.75, 3.05) is 0 Å². The van der Waals surface area contributed by atoms with Crippen molar-refractivity contribution >= 4 is 22.5 Å². The van der Waals surface area contributed by atoms with E-state index in [2.05, 4.69) is 4.98 Å². The molecule has 0 aliphatic heterocycles. The normalized spacial score (nSPS) is 21.1. The molecule has 1 aromatic carbocycles. The van der Waals surface area contributed by atoms with Gasteiger partial charge in [-0.2, -0.15) is 0 Å². The third-order valence-electron chi connectivity index (χ3n) is 3.48. The summed E-state index contributed by atoms with van der Waals surface area (Å²) in [6.07, 6.45) is 3.88. The molecule has 1 atom stereocenters. The van der Waals surface area contributed by atoms with Gasteiger partial charge in [-0.1, -0.05) is 18.2 Å². The number of nitrogens with one attached hydrogen (secondary N) is 1. The Morgan fingerprint density at radius 2 is 2.00 bits per heavy atom. The molecular formula is C14H13NO2. The van der Waals surface area contributed by atoms with Crippen LogP contribution >= 0.6 is 0 Å². The van der Waals surface area contributed by atoms with Crippen molar-refractivity contribution in [2.45, 2.75) is 25.2 Å². The highest BCUT2D eigenvalue weighted by atomic mass is 16.2. The lowest BCUT2D eigenvalue weighted by molar-refractivity contribution is -0.139. The van der Waals surface area contributed by atoms with Crippen LogP contribution in [0.5, 0.6) is 0 Å². The van der Waals surface area contributed by atoms with Crippen LogP contribution in [0.2, 0.25) is 0 Å². The number of para-hydroxylation sites is 1. The molecule has 0 bridgehead atoms. The molecule has 1 aliphatic rings. The standard InChI is InChI=1S/C14H13NO2/c16-13-7-3-5-10(14(13)17)11-8-15-12-6-2-1-4-9(11)12/h1-2,4,6,8,10,15H,3,5,7H2. The molecule has 17 heavy (non-hydrogen) atoms. The van der Waals surface area contributed by atoms with Gasteiger partial charge in [-0.25, -0.2) is 0 Å². The van der Waals surface area contributed by atoms with E-state index in [1.807, 2.05) is 30.5 Å². The summed E-state index contributed by atoms with van der Waals surface area (Å²) in [7, 11) is 0. The molecule has 2 aromatic rings. The van der Waals surface area contributed by atoms with Gasteiger partial charge in [-0.05, 0) is 24.5 Å². The monoisotopic (exact) mass is 227 g/mol. The number of Topliss-reactive ketones (excluding diaryl/α,β-unsaturated/α-hetero) is 2. The summed E-state index contributed by atoms with van der Waals surface area (Å²) in [6, 6.07) is 7.88. The summed E-state index contributed by atoms with van der Waals surface area (Å²) >= 11 is 0. The molecule has 0 saturated heterocycles. The highest BCUT2D eigenvalue weighted by Gasteiger charge is 2.31. The van der Waals surface area contributed by atoms with Crippen LogP contribution in [-0.4, -0.2) is 16.6 Å². The van der Waals surface area contributed by atoms with E-state index >= 15 is 0 Å². The Hall–Kier alpha value is -1.90. The van der Waals surface area contributed by atoms with Gasteiger partial charge in [0.25, 0.3) is 0 Å². The van der Waals surface area contributed by atoms with Crippen molar-refractivity contribution in [1.82, 2.24) is 4.98 Å². The van der Waals surface area contributed by atoms with Gasteiger partial charge >= 0.3 is 0 Å². The van der Waals surface area contributed by atoms with Crippen molar-refractivity contribution < 1.29 is 9.59 Å². The van der Waals surface area contributed by atoms with Crippen molar-refractivity contribution in [3.8, 4) is 0 Å². The molecule has 1 heterocycles. The number of fused-ring (bicyclic) bond motifs is 1. The van der Waals surface area contributed by atoms with Crippen LogP contribution in [0.15, 0.2) is 30.5 Å². The summed E-state index contributed by atoms with van der Waals surface area (Å²) in [6.45, 7) is 0. The number of rotatable bonds is 1. The zero-order valence-corrected chi connectivity index (χ0v) is 9.40. The lowest BCUT2D eigenvalue weighted by atomic mass is 9.82. The van der Waals surface area contributed by atoms with Crippen LogP contribution in [0.25, 0.3) is 10.9 Å². The van der Waals surface area contributed by atoms with Gasteiger partial charge in [0.2, 0.25) is 5.78 Å². The van der Waals surface area contributed by atoms with Gasteiger partial charge in [0, 0.05) is 23.5 Å². The lowest BCUT2D eigenvalue weighted by Gasteiger charge is -2.18. The largest absolute Gasteiger partial charge is 0.361 e. The van der Waals surface area contributed by atoms with Gasteiger partial charge in [-0.15, -0.1) is 0 Å². The molecule has 1 unspecified atom stereocenters. The van der Waals surface area contributed by atoms with E-state index in [-0.39, 0.29) is 17.5 Å². The van der Waals surface area contributed by atoms with E-state index in [9.17, 15) is 9.59 Å². The quantitative estimate of drug-likeness (QED) is 0.761. The molecule has 1 fully saturated rings. The molecule has 86 valence electrons. The number of hydrogen-bond acceptors (Lipinski definition) is 2. The minimum atomic E-state index is -0.243. The van der Waals surface area contributed by atoms with E-state index in [0.29, 0.717) is 6.42 Å². The van der Waals surface area contributed by atoms with Gasteiger partial charge in [0.15, 0.2) is 5.78 Å². The van der Waals surface area contributed by atoms with E-state index in [1.165, 1.54) is 0 Å². The third-order valence-corrected chi connectivity index (χ3v) is 3.48. The topological polar surface area (TPSA) is 49.9 Å². The number of H-pyrrole nitrogens is 1.